The third-order valence-corrected chi connectivity index (χ3v) is 9.17. The lowest BCUT2D eigenvalue weighted by Crippen LogP contribution is -1.91. The minimum absolute atomic E-state index is 0.583. The molecule has 8 aromatic rings. The lowest BCUT2D eigenvalue weighted by molar-refractivity contribution is 0.669. The number of hydrogen-bond acceptors (Lipinski definition) is 3. The van der Waals surface area contributed by atoms with Gasteiger partial charge in [-0.15, -0.1) is 11.3 Å². The lowest BCUT2D eigenvalue weighted by Gasteiger charge is -2.12. The van der Waals surface area contributed by atoms with Crippen LogP contribution in [0, 0.1) is 11.3 Å². The third kappa shape index (κ3) is 3.84. The SMILES string of the molecule is N#Cc1c(-c2ccccc2)cc(Cl)cc1-c1cccc2oc3ccc(-c4ccc5sc6ccccc6c5c4)cc3c12. The van der Waals surface area contributed by atoms with Gasteiger partial charge in [0.15, 0.2) is 0 Å². The number of benzene rings is 6. The van der Waals surface area contributed by atoms with Crippen molar-refractivity contribution < 1.29 is 4.42 Å². The summed E-state index contributed by atoms with van der Waals surface area (Å²) in [5.74, 6) is 0. The second-order valence-corrected chi connectivity index (χ2v) is 11.7. The third-order valence-electron chi connectivity index (χ3n) is 7.79. The molecule has 0 unspecified atom stereocenters. The van der Waals surface area contributed by atoms with Crippen LogP contribution in [0.2, 0.25) is 5.02 Å². The average molecular weight is 562 g/mol. The molecule has 0 amide bonds. The van der Waals surface area contributed by atoms with Gasteiger partial charge in [0, 0.05) is 47.1 Å². The molecule has 0 spiro atoms. The summed E-state index contributed by atoms with van der Waals surface area (Å²) in [6.45, 7) is 0. The average Bonchev–Trinajstić information content (AvgIpc) is 3.58. The Labute approximate surface area is 245 Å². The van der Waals surface area contributed by atoms with E-state index >= 15 is 0 Å². The van der Waals surface area contributed by atoms with Gasteiger partial charge in [-0.1, -0.05) is 84.4 Å². The van der Waals surface area contributed by atoms with Crippen molar-refractivity contribution in [1.82, 2.24) is 0 Å². The van der Waals surface area contributed by atoms with Gasteiger partial charge in [0.05, 0.1) is 5.56 Å². The molecule has 2 heterocycles. The van der Waals surface area contributed by atoms with E-state index in [1.54, 1.807) is 0 Å². The minimum atomic E-state index is 0.583. The molecule has 4 heteroatoms. The van der Waals surface area contributed by atoms with Crippen molar-refractivity contribution in [2.24, 2.45) is 0 Å². The summed E-state index contributed by atoms with van der Waals surface area (Å²) in [6, 6.07) is 43.8. The van der Waals surface area contributed by atoms with E-state index in [0.29, 0.717) is 10.6 Å². The summed E-state index contributed by atoms with van der Waals surface area (Å²) in [5.41, 5.74) is 7.94. The first-order valence-electron chi connectivity index (χ1n) is 13.3. The molecule has 0 aliphatic carbocycles. The van der Waals surface area contributed by atoms with Crippen molar-refractivity contribution >= 4 is 65.0 Å². The normalized spacial score (nSPS) is 11.5. The Morgan fingerprint density at radius 1 is 0.561 bits per heavy atom. The van der Waals surface area contributed by atoms with Crippen LogP contribution in [0.15, 0.2) is 126 Å². The molecule has 0 saturated heterocycles. The van der Waals surface area contributed by atoms with E-state index in [0.717, 1.165) is 55.3 Å². The van der Waals surface area contributed by atoms with Gasteiger partial charge >= 0.3 is 0 Å². The number of fused-ring (bicyclic) bond motifs is 6. The highest BCUT2D eigenvalue weighted by Gasteiger charge is 2.19. The summed E-state index contributed by atoms with van der Waals surface area (Å²) in [6.07, 6.45) is 0. The molecule has 0 atom stereocenters. The molecule has 0 bridgehead atoms. The molecule has 41 heavy (non-hydrogen) atoms. The van der Waals surface area contributed by atoms with E-state index < -0.39 is 0 Å². The van der Waals surface area contributed by atoms with Crippen LogP contribution in [0.5, 0.6) is 0 Å². The Morgan fingerprint density at radius 2 is 1.29 bits per heavy atom. The fourth-order valence-electron chi connectivity index (χ4n) is 5.92. The summed E-state index contributed by atoms with van der Waals surface area (Å²) in [4.78, 5) is 0. The van der Waals surface area contributed by atoms with Gasteiger partial charge in [-0.2, -0.15) is 5.26 Å². The number of nitrogens with zero attached hydrogens (tertiary/aromatic N) is 1. The molecule has 0 aliphatic rings. The minimum Gasteiger partial charge on any atom is -0.456 e. The number of furan rings is 1. The highest BCUT2D eigenvalue weighted by molar-refractivity contribution is 7.25. The van der Waals surface area contributed by atoms with E-state index in [1.807, 2.05) is 72.0 Å². The zero-order valence-electron chi connectivity index (χ0n) is 21.7. The largest absolute Gasteiger partial charge is 0.456 e. The van der Waals surface area contributed by atoms with Crippen LogP contribution in [-0.4, -0.2) is 0 Å². The Balaban J connectivity index is 1.36. The van der Waals surface area contributed by atoms with Crippen molar-refractivity contribution in [2.45, 2.75) is 0 Å². The van der Waals surface area contributed by atoms with E-state index in [2.05, 4.69) is 66.7 Å². The summed E-state index contributed by atoms with van der Waals surface area (Å²) in [5, 5.41) is 15.5. The van der Waals surface area contributed by atoms with Gasteiger partial charge < -0.3 is 4.42 Å². The fraction of sp³-hybridized carbons (Fsp3) is 0. The van der Waals surface area contributed by atoms with Crippen LogP contribution in [-0.2, 0) is 0 Å². The van der Waals surface area contributed by atoms with Crippen molar-refractivity contribution in [2.75, 3.05) is 0 Å². The predicted molar refractivity (Wildman–Crippen MR) is 173 cm³/mol. The summed E-state index contributed by atoms with van der Waals surface area (Å²) >= 11 is 8.50. The van der Waals surface area contributed by atoms with Gasteiger partial charge in [0.1, 0.15) is 17.2 Å². The van der Waals surface area contributed by atoms with Crippen molar-refractivity contribution in [3.8, 4) is 39.4 Å². The molecular weight excluding hydrogens is 542 g/mol. The second-order valence-electron chi connectivity index (χ2n) is 10.2. The number of rotatable bonds is 3. The molecule has 0 fully saturated rings. The van der Waals surface area contributed by atoms with E-state index in [9.17, 15) is 5.26 Å². The molecule has 2 nitrogen and oxygen atoms in total. The van der Waals surface area contributed by atoms with Crippen LogP contribution in [0.1, 0.15) is 5.56 Å². The number of halogens is 1. The number of nitriles is 1. The highest BCUT2D eigenvalue weighted by atomic mass is 35.5. The maximum atomic E-state index is 10.4. The van der Waals surface area contributed by atoms with Crippen LogP contribution in [0.3, 0.4) is 0 Å². The lowest BCUT2D eigenvalue weighted by atomic mass is 9.90. The Bertz CT molecular complexity index is 2340. The first kappa shape index (κ1) is 24.0. The number of hydrogen-bond donors (Lipinski definition) is 0. The molecule has 6 aromatic carbocycles. The molecule has 8 rings (SSSR count). The smallest absolute Gasteiger partial charge is 0.136 e. The Kier molecular flexibility index (Phi) is 5.47. The van der Waals surface area contributed by atoms with Gasteiger partial charge in [-0.3, -0.25) is 0 Å². The summed E-state index contributed by atoms with van der Waals surface area (Å²) < 4.78 is 8.91. The van der Waals surface area contributed by atoms with Crippen LogP contribution >= 0.6 is 22.9 Å². The Hall–Kier alpha value is -4.88. The maximum absolute atomic E-state index is 10.4. The monoisotopic (exact) mass is 561 g/mol. The maximum Gasteiger partial charge on any atom is 0.136 e. The van der Waals surface area contributed by atoms with Crippen LogP contribution in [0.4, 0.5) is 0 Å². The zero-order chi connectivity index (χ0) is 27.5. The standard InChI is InChI=1S/C37H20ClNOS/c38-25-19-28(22-7-2-1-3-8-22)32(21-39)29(20-25)27-10-6-11-34-37(27)31-18-23(13-15-33(31)40-34)24-14-16-36-30(17-24)26-9-4-5-12-35(26)41-36/h1-20H. The van der Waals surface area contributed by atoms with E-state index in [1.165, 1.54) is 20.2 Å². The molecular formula is C37H20ClNOS. The summed E-state index contributed by atoms with van der Waals surface area (Å²) in [7, 11) is 0. The Morgan fingerprint density at radius 3 is 2.15 bits per heavy atom. The molecule has 0 radical (unpaired) electrons. The molecule has 0 aliphatic heterocycles. The topological polar surface area (TPSA) is 36.9 Å². The van der Waals surface area contributed by atoms with Gasteiger partial charge in [0.25, 0.3) is 0 Å². The van der Waals surface area contributed by atoms with Crippen molar-refractivity contribution in [3.63, 3.8) is 0 Å². The first-order valence-corrected chi connectivity index (χ1v) is 14.5. The van der Waals surface area contributed by atoms with Crippen molar-refractivity contribution in [3.05, 3.63) is 132 Å². The molecule has 192 valence electrons. The second kappa shape index (κ2) is 9.35. The van der Waals surface area contributed by atoms with Crippen molar-refractivity contribution in [1.29, 1.82) is 5.26 Å². The van der Waals surface area contributed by atoms with Gasteiger partial charge in [-0.05, 0) is 70.8 Å². The molecule has 0 saturated carbocycles. The van der Waals surface area contributed by atoms with E-state index in [4.69, 9.17) is 16.0 Å². The number of thiophene rings is 1. The first-order chi connectivity index (χ1) is 20.2. The van der Waals surface area contributed by atoms with Crippen LogP contribution in [0.25, 0.3) is 75.5 Å². The van der Waals surface area contributed by atoms with Gasteiger partial charge in [-0.25, -0.2) is 0 Å². The molecule has 0 N–H and O–H groups in total. The quantitative estimate of drug-likeness (QED) is 0.215. The fourth-order valence-corrected chi connectivity index (χ4v) is 7.23. The molecule has 2 aromatic heterocycles. The zero-order valence-corrected chi connectivity index (χ0v) is 23.3. The predicted octanol–water partition coefficient (Wildman–Crippen LogP) is 11.5. The highest BCUT2D eigenvalue weighted by Crippen LogP contribution is 2.43. The van der Waals surface area contributed by atoms with Crippen LogP contribution < -0.4 is 0 Å². The van der Waals surface area contributed by atoms with Gasteiger partial charge in [0.2, 0.25) is 0 Å². The van der Waals surface area contributed by atoms with E-state index in [-0.39, 0.29) is 0 Å².